The Morgan fingerprint density at radius 3 is 2.87 bits per heavy atom. The van der Waals surface area contributed by atoms with Gasteiger partial charge in [0.1, 0.15) is 4.88 Å². The topological polar surface area (TPSA) is 50.1 Å². The van der Waals surface area contributed by atoms with Gasteiger partial charge in [-0.3, -0.25) is 14.1 Å². The molecule has 3 heterocycles. The number of aromatic nitrogens is 2. The molecule has 1 unspecified atom stereocenters. The first kappa shape index (κ1) is 20.9. The van der Waals surface area contributed by atoms with Crippen LogP contribution in [0, 0.1) is 0 Å². The van der Waals surface area contributed by atoms with E-state index in [1.165, 1.54) is 49.0 Å². The molecule has 2 aliphatic rings. The second kappa shape index (κ2) is 8.88. The molecule has 5 rings (SSSR count). The molecule has 1 aliphatic carbocycles. The van der Waals surface area contributed by atoms with E-state index in [1.54, 1.807) is 7.11 Å². The summed E-state index contributed by atoms with van der Waals surface area (Å²) >= 11 is 1.50. The van der Waals surface area contributed by atoms with Crippen LogP contribution in [0.2, 0.25) is 0 Å². The SMILES string of the molecule is COCC1CCCN1Cc1ccc2nc3sc(C(=O)N(C)C4CCCCC4)cn3c2c1. The van der Waals surface area contributed by atoms with Crippen LogP contribution in [0.3, 0.4) is 0 Å². The third kappa shape index (κ3) is 4.11. The van der Waals surface area contributed by atoms with Gasteiger partial charge in [0.2, 0.25) is 0 Å². The summed E-state index contributed by atoms with van der Waals surface area (Å²) in [6.45, 7) is 2.85. The molecule has 2 fully saturated rings. The molecule has 1 atom stereocenters. The predicted octanol–water partition coefficient (Wildman–Crippen LogP) is 4.56. The summed E-state index contributed by atoms with van der Waals surface area (Å²) in [7, 11) is 3.75. The molecular weight excluding hydrogens is 408 g/mol. The van der Waals surface area contributed by atoms with Crippen molar-refractivity contribution in [3.05, 3.63) is 34.8 Å². The van der Waals surface area contributed by atoms with Crippen molar-refractivity contribution in [3.63, 3.8) is 0 Å². The fraction of sp³-hybridized carbons (Fsp3) is 0.583. The number of fused-ring (bicyclic) bond motifs is 3. The Kier molecular flexibility index (Phi) is 5.99. The van der Waals surface area contributed by atoms with Gasteiger partial charge in [0, 0.05) is 39.0 Å². The fourth-order valence-electron chi connectivity index (χ4n) is 5.28. The van der Waals surface area contributed by atoms with Gasteiger partial charge in [-0.05, 0) is 49.9 Å². The highest BCUT2D eigenvalue weighted by Crippen LogP contribution is 2.29. The van der Waals surface area contributed by atoms with Gasteiger partial charge in [-0.15, -0.1) is 0 Å². The Bertz CT molecular complexity index is 1070. The maximum absolute atomic E-state index is 13.1. The van der Waals surface area contributed by atoms with Gasteiger partial charge in [-0.1, -0.05) is 36.7 Å². The zero-order valence-electron chi connectivity index (χ0n) is 18.5. The summed E-state index contributed by atoms with van der Waals surface area (Å²) in [4.78, 5) is 24.1. The normalized spacial score (nSPS) is 20.8. The first-order chi connectivity index (χ1) is 15.1. The van der Waals surface area contributed by atoms with Crippen LogP contribution in [0.25, 0.3) is 16.0 Å². The first-order valence-electron chi connectivity index (χ1n) is 11.5. The summed E-state index contributed by atoms with van der Waals surface area (Å²) in [5.74, 6) is 0.131. The molecule has 1 saturated carbocycles. The lowest BCUT2D eigenvalue weighted by Crippen LogP contribution is -2.37. The van der Waals surface area contributed by atoms with E-state index in [-0.39, 0.29) is 5.91 Å². The lowest BCUT2D eigenvalue weighted by Gasteiger charge is -2.30. The van der Waals surface area contributed by atoms with E-state index < -0.39 is 0 Å². The molecule has 0 bridgehead atoms. The van der Waals surface area contributed by atoms with E-state index in [0.717, 1.165) is 53.4 Å². The second-order valence-electron chi connectivity index (χ2n) is 9.11. The van der Waals surface area contributed by atoms with Crippen LogP contribution in [0.4, 0.5) is 0 Å². The second-order valence-corrected chi connectivity index (χ2v) is 10.1. The Labute approximate surface area is 187 Å². The summed E-state index contributed by atoms with van der Waals surface area (Å²) < 4.78 is 7.51. The van der Waals surface area contributed by atoms with Crippen molar-refractivity contribution in [1.82, 2.24) is 19.2 Å². The van der Waals surface area contributed by atoms with Crippen LogP contribution in [0.1, 0.15) is 60.2 Å². The van der Waals surface area contributed by atoms with Gasteiger partial charge in [0.15, 0.2) is 4.96 Å². The molecule has 0 N–H and O–H groups in total. The van der Waals surface area contributed by atoms with Crippen LogP contribution in [0.5, 0.6) is 0 Å². The Balaban J connectivity index is 1.38. The largest absolute Gasteiger partial charge is 0.383 e. The number of nitrogens with zero attached hydrogens (tertiary/aromatic N) is 4. The van der Waals surface area contributed by atoms with Crippen molar-refractivity contribution < 1.29 is 9.53 Å². The molecule has 1 amide bonds. The quantitative estimate of drug-likeness (QED) is 0.564. The van der Waals surface area contributed by atoms with Crippen molar-refractivity contribution in [2.24, 2.45) is 0 Å². The van der Waals surface area contributed by atoms with E-state index >= 15 is 0 Å². The molecule has 2 aromatic heterocycles. The minimum atomic E-state index is 0.131. The number of imidazole rings is 1. The standard InChI is InChI=1S/C24H32N4O2S/c1-26(18-7-4-3-5-8-18)23(29)22-15-28-21-13-17(10-11-20(21)25-24(28)31-22)14-27-12-6-9-19(27)16-30-2/h10-11,13,15,18-19H,3-9,12,14,16H2,1-2H3. The Morgan fingerprint density at radius 1 is 1.23 bits per heavy atom. The zero-order chi connectivity index (χ0) is 21.4. The Morgan fingerprint density at radius 2 is 2.06 bits per heavy atom. The van der Waals surface area contributed by atoms with Crippen molar-refractivity contribution in [1.29, 1.82) is 0 Å². The van der Waals surface area contributed by atoms with Crippen LogP contribution < -0.4 is 0 Å². The number of benzene rings is 1. The minimum Gasteiger partial charge on any atom is -0.383 e. The molecule has 166 valence electrons. The van der Waals surface area contributed by atoms with E-state index in [1.807, 2.05) is 18.1 Å². The average Bonchev–Trinajstić information content (AvgIpc) is 3.49. The lowest BCUT2D eigenvalue weighted by molar-refractivity contribution is 0.0701. The van der Waals surface area contributed by atoms with Crippen molar-refractivity contribution in [2.75, 3.05) is 27.3 Å². The van der Waals surface area contributed by atoms with Crippen LogP contribution in [-0.2, 0) is 11.3 Å². The number of amides is 1. The van der Waals surface area contributed by atoms with Crippen LogP contribution >= 0.6 is 11.3 Å². The number of carbonyl (C=O) groups excluding carboxylic acids is 1. The number of hydrogen-bond acceptors (Lipinski definition) is 5. The van der Waals surface area contributed by atoms with E-state index in [2.05, 4.69) is 27.5 Å². The number of carbonyl (C=O) groups is 1. The molecule has 1 aromatic carbocycles. The molecule has 1 aliphatic heterocycles. The maximum atomic E-state index is 13.1. The van der Waals surface area contributed by atoms with Gasteiger partial charge in [0.25, 0.3) is 5.91 Å². The maximum Gasteiger partial charge on any atom is 0.265 e. The Hall–Kier alpha value is -1.96. The molecule has 31 heavy (non-hydrogen) atoms. The molecule has 0 radical (unpaired) electrons. The van der Waals surface area contributed by atoms with Gasteiger partial charge in [-0.2, -0.15) is 0 Å². The third-order valence-electron chi connectivity index (χ3n) is 7.07. The van der Waals surface area contributed by atoms with Gasteiger partial charge < -0.3 is 9.64 Å². The molecule has 1 saturated heterocycles. The summed E-state index contributed by atoms with van der Waals surface area (Å²) in [6.07, 6.45) is 10.4. The number of hydrogen-bond donors (Lipinski definition) is 0. The third-order valence-corrected chi connectivity index (χ3v) is 8.04. The molecule has 7 heteroatoms. The summed E-state index contributed by atoms with van der Waals surface area (Å²) in [6, 6.07) is 7.42. The highest BCUT2D eigenvalue weighted by Gasteiger charge is 2.26. The number of rotatable bonds is 6. The van der Waals surface area contributed by atoms with Gasteiger partial charge in [-0.25, -0.2) is 4.98 Å². The van der Waals surface area contributed by atoms with Gasteiger partial charge >= 0.3 is 0 Å². The summed E-state index contributed by atoms with van der Waals surface area (Å²) in [5, 5.41) is 0. The molecular formula is C24H32N4O2S. The average molecular weight is 441 g/mol. The molecule has 6 nitrogen and oxygen atoms in total. The van der Waals surface area contributed by atoms with Crippen molar-refractivity contribution in [2.45, 2.75) is 63.6 Å². The minimum absolute atomic E-state index is 0.131. The predicted molar refractivity (Wildman–Crippen MR) is 125 cm³/mol. The fourth-order valence-corrected chi connectivity index (χ4v) is 6.26. The van der Waals surface area contributed by atoms with Crippen molar-refractivity contribution in [3.8, 4) is 0 Å². The smallest absolute Gasteiger partial charge is 0.265 e. The number of ether oxygens (including phenoxy) is 1. The molecule has 0 spiro atoms. The number of likely N-dealkylation sites (tertiary alicyclic amines) is 1. The van der Waals surface area contributed by atoms with Crippen molar-refractivity contribution >= 4 is 33.2 Å². The van der Waals surface area contributed by atoms with E-state index in [9.17, 15) is 4.79 Å². The van der Waals surface area contributed by atoms with E-state index in [0.29, 0.717) is 12.1 Å². The monoisotopic (exact) mass is 440 g/mol. The first-order valence-corrected chi connectivity index (χ1v) is 12.4. The van der Waals surface area contributed by atoms with Crippen LogP contribution in [0.15, 0.2) is 24.4 Å². The lowest BCUT2D eigenvalue weighted by atomic mass is 9.94. The highest BCUT2D eigenvalue weighted by atomic mass is 32.1. The number of thiazole rings is 1. The molecule has 3 aromatic rings. The summed E-state index contributed by atoms with van der Waals surface area (Å²) in [5.41, 5.74) is 3.37. The highest BCUT2D eigenvalue weighted by molar-refractivity contribution is 7.18. The van der Waals surface area contributed by atoms with Gasteiger partial charge in [0.05, 0.1) is 17.6 Å². The number of methoxy groups -OCH3 is 1. The van der Waals surface area contributed by atoms with Crippen LogP contribution in [-0.4, -0.2) is 64.5 Å². The van der Waals surface area contributed by atoms with E-state index in [4.69, 9.17) is 9.72 Å². The zero-order valence-corrected chi connectivity index (χ0v) is 19.4.